The third kappa shape index (κ3) is 6.63. The minimum Gasteiger partial charge on any atom is -0.405 e. The Morgan fingerprint density at radius 3 is 2.50 bits per heavy atom. The highest BCUT2D eigenvalue weighted by atomic mass is 19.4. The van der Waals surface area contributed by atoms with E-state index in [1.165, 1.54) is 11.0 Å². The quantitative estimate of drug-likeness (QED) is 0.285. The van der Waals surface area contributed by atoms with Crippen molar-refractivity contribution < 1.29 is 32.3 Å². The van der Waals surface area contributed by atoms with Crippen LogP contribution in [0.15, 0.2) is 54.7 Å². The number of likely N-dealkylation sites (N-methyl/N-ethyl adjacent to an activating group) is 1. The topological polar surface area (TPSA) is 98.3 Å². The first-order chi connectivity index (χ1) is 20.8. The Morgan fingerprint density at radius 2 is 1.77 bits per heavy atom. The molecule has 2 aliphatic rings. The van der Waals surface area contributed by atoms with Crippen molar-refractivity contribution in [1.82, 2.24) is 25.0 Å². The molecular formula is C31H35F3N6O4. The van der Waals surface area contributed by atoms with Crippen LogP contribution in [0.3, 0.4) is 0 Å². The molecule has 0 aliphatic carbocycles. The van der Waals surface area contributed by atoms with Gasteiger partial charge in [-0.2, -0.15) is 0 Å². The number of carbonyl (C=O) groups excluding carboxylic acids is 3. The van der Waals surface area contributed by atoms with Crippen molar-refractivity contribution >= 4 is 34.4 Å². The number of pyridine rings is 1. The number of imide groups is 1. The molecular weight excluding hydrogens is 577 g/mol. The van der Waals surface area contributed by atoms with Crippen molar-refractivity contribution in [1.29, 1.82) is 0 Å². The maximum atomic E-state index is 13.7. The van der Waals surface area contributed by atoms with Crippen molar-refractivity contribution in [3.05, 3.63) is 65.9 Å². The normalized spacial score (nSPS) is 17.9. The van der Waals surface area contributed by atoms with Crippen LogP contribution < -0.4 is 15.0 Å². The lowest BCUT2D eigenvalue weighted by Gasteiger charge is -2.32. The van der Waals surface area contributed by atoms with Gasteiger partial charge in [0, 0.05) is 50.9 Å². The van der Waals surface area contributed by atoms with E-state index >= 15 is 0 Å². The molecule has 5 rings (SSSR count). The number of anilines is 1. The fourth-order valence-electron chi connectivity index (χ4n) is 5.51. The molecule has 4 amide bonds. The summed E-state index contributed by atoms with van der Waals surface area (Å²) in [4.78, 5) is 51.6. The Hall–Kier alpha value is -4.23. The molecule has 0 unspecified atom stereocenters. The third-order valence-corrected chi connectivity index (χ3v) is 8.12. The zero-order valence-corrected chi connectivity index (χ0v) is 24.9. The average molecular weight is 613 g/mol. The second-order valence-electron chi connectivity index (χ2n) is 11.5. The van der Waals surface area contributed by atoms with Crippen LogP contribution in [0.1, 0.15) is 36.2 Å². The fraction of sp³-hybridized carbons (Fsp3) is 0.419. The summed E-state index contributed by atoms with van der Waals surface area (Å²) in [5.74, 6) is -2.11. The summed E-state index contributed by atoms with van der Waals surface area (Å²) in [6, 6.07) is 11.7. The Bertz CT molecular complexity index is 1550. The minimum absolute atomic E-state index is 0.0349. The molecule has 1 aromatic heterocycles. The number of nitrogens with one attached hydrogen (secondary N) is 1. The predicted molar refractivity (Wildman–Crippen MR) is 158 cm³/mol. The number of halogens is 3. The zero-order valence-electron chi connectivity index (χ0n) is 24.9. The first-order valence-electron chi connectivity index (χ1n) is 14.4. The second-order valence-corrected chi connectivity index (χ2v) is 11.5. The monoisotopic (exact) mass is 612 g/mol. The van der Waals surface area contributed by atoms with Gasteiger partial charge >= 0.3 is 12.4 Å². The summed E-state index contributed by atoms with van der Waals surface area (Å²) >= 11 is 0. The van der Waals surface area contributed by atoms with Gasteiger partial charge in [0.15, 0.2) is 0 Å². The number of hydrogen-bond donors (Lipinski definition) is 1. The van der Waals surface area contributed by atoms with Crippen LogP contribution in [-0.2, 0) is 11.3 Å². The van der Waals surface area contributed by atoms with Crippen molar-refractivity contribution in [3.8, 4) is 5.75 Å². The molecule has 0 saturated carbocycles. The van der Waals surface area contributed by atoms with E-state index in [9.17, 15) is 27.6 Å². The summed E-state index contributed by atoms with van der Waals surface area (Å²) in [5, 5.41) is 3.48. The molecule has 13 heteroatoms. The molecule has 2 aliphatic heterocycles. The van der Waals surface area contributed by atoms with Gasteiger partial charge in [-0.1, -0.05) is 18.2 Å². The molecule has 0 atom stereocenters. The smallest absolute Gasteiger partial charge is 0.405 e. The number of ether oxygens (including phenoxy) is 1. The van der Waals surface area contributed by atoms with Crippen LogP contribution >= 0.6 is 0 Å². The first kappa shape index (κ1) is 31.2. The molecule has 2 fully saturated rings. The summed E-state index contributed by atoms with van der Waals surface area (Å²) in [6.45, 7) is 7.94. The van der Waals surface area contributed by atoms with Gasteiger partial charge in [-0.05, 0) is 69.8 Å². The van der Waals surface area contributed by atoms with Gasteiger partial charge in [0.25, 0.3) is 11.8 Å². The standard InChI is InChI=1S/C31H35F3N6O4/c1-30(2)28(42)40(29(43)39(30)20-21-11-13-35-25-8-5-4-7-23(21)25)22-9-10-26(44-31(32,33)34)24(19-22)27(41)36-12-6-14-38-17-15-37(3)16-18-38/h4-5,7-11,13,19H,6,12,14-18,20H2,1-3H3,(H,36,41). The number of carbonyl (C=O) groups is 3. The molecule has 3 heterocycles. The van der Waals surface area contributed by atoms with Crippen molar-refractivity contribution in [2.45, 2.75) is 38.7 Å². The lowest BCUT2D eigenvalue weighted by atomic mass is 10.0. The highest BCUT2D eigenvalue weighted by Gasteiger charge is 2.52. The number of amides is 4. The van der Waals surface area contributed by atoms with Crippen LogP contribution in [0, 0.1) is 0 Å². The maximum Gasteiger partial charge on any atom is 0.573 e. The Morgan fingerprint density at radius 1 is 1.05 bits per heavy atom. The van der Waals surface area contributed by atoms with Crippen LogP contribution in [-0.4, -0.2) is 95.7 Å². The highest BCUT2D eigenvalue weighted by molar-refractivity contribution is 6.23. The molecule has 234 valence electrons. The van der Waals surface area contributed by atoms with Gasteiger partial charge in [0.2, 0.25) is 0 Å². The first-order valence-corrected chi connectivity index (χ1v) is 14.4. The Labute approximate surface area is 253 Å². The van der Waals surface area contributed by atoms with E-state index in [0.29, 0.717) is 6.42 Å². The summed E-state index contributed by atoms with van der Waals surface area (Å²) < 4.78 is 43.8. The molecule has 0 radical (unpaired) electrons. The van der Waals surface area contributed by atoms with Gasteiger partial charge in [0.1, 0.15) is 11.3 Å². The lowest BCUT2D eigenvalue weighted by molar-refractivity contribution is -0.274. The van der Waals surface area contributed by atoms with Crippen LogP contribution in [0.25, 0.3) is 10.9 Å². The molecule has 10 nitrogen and oxygen atoms in total. The van der Waals surface area contributed by atoms with E-state index in [1.807, 2.05) is 24.3 Å². The molecule has 3 aromatic rings. The Kier molecular flexibility index (Phi) is 8.80. The minimum atomic E-state index is -5.05. The van der Waals surface area contributed by atoms with E-state index in [4.69, 9.17) is 0 Å². The van der Waals surface area contributed by atoms with Crippen molar-refractivity contribution in [3.63, 3.8) is 0 Å². The zero-order chi connectivity index (χ0) is 31.6. The fourth-order valence-corrected chi connectivity index (χ4v) is 5.51. The third-order valence-electron chi connectivity index (χ3n) is 8.12. The lowest BCUT2D eigenvalue weighted by Crippen LogP contribution is -2.45. The number of aromatic nitrogens is 1. The van der Waals surface area contributed by atoms with Crippen molar-refractivity contribution in [2.24, 2.45) is 0 Å². The molecule has 2 aromatic carbocycles. The molecule has 0 bridgehead atoms. The molecule has 2 saturated heterocycles. The van der Waals surface area contributed by atoms with Crippen LogP contribution in [0.4, 0.5) is 23.7 Å². The number of alkyl halides is 3. The van der Waals surface area contributed by atoms with E-state index in [-0.39, 0.29) is 18.8 Å². The van der Waals surface area contributed by atoms with Gasteiger partial charge in [0.05, 0.1) is 16.8 Å². The number of nitrogens with zero attached hydrogens (tertiary/aromatic N) is 5. The summed E-state index contributed by atoms with van der Waals surface area (Å²) in [5.41, 5.74) is -0.244. The number of urea groups is 1. The van der Waals surface area contributed by atoms with Gasteiger partial charge in [-0.3, -0.25) is 14.6 Å². The number of benzene rings is 2. The Balaban J connectivity index is 1.36. The van der Waals surface area contributed by atoms with Crippen LogP contribution in [0.5, 0.6) is 5.75 Å². The maximum absolute atomic E-state index is 13.7. The van der Waals surface area contributed by atoms with Crippen LogP contribution in [0.2, 0.25) is 0 Å². The number of fused-ring (bicyclic) bond motifs is 1. The summed E-state index contributed by atoms with van der Waals surface area (Å²) in [7, 11) is 2.05. The van der Waals surface area contributed by atoms with Gasteiger partial charge < -0.3 is 24.8 Å². The molecule has 0 spiro atoms. The van der Waals surface area contributed by atoms with Crippen molar-refractivity contribution in [2.75, 3.05) is 51.2 Å². The van der Waals surface area contributed by atoms with E-state index in [1.54, 1.807) is 26.1 Å². The summed E-state index contributed by atoms with van der Waals surface area (Å²) in [6.07, 6.45) is -2.83. The van der Waals surface area contributed by atoms with E-state index in [2.05, 4.69) is 31.9 Å². The molecule has 1 N–H and O–H groups in total. The second kappa shape index (κ2) is 12.4. The predicted octanol–water partition coefficient (Wildman–Crippen LogP) is 4.25. The molecule has 44 heavy (non-hydrogen) atoms. The van der Waals surface area contributed by atoms with Gasteiger partial charge in [-0.25, -0.2) is 9.69 Å². The van der Waals surface area contributed by atoms with E-state index < -0.39 is 41.1 Å². The van der Waals surface area contributed by atoms with Gasteiger partial charge in [-0.15, -0.1) is 13.2 Å². The highest BCUT2D eigenvalue weighted by Crippen LogP contribution is 2.37. The average Bonchev–Trinajstić information content (AvgIpc) is 3.14. The number of para-hydroxylation sites is 1. The van der Waals surface area contributed by atoms with E-state index in [0.717, 1.165) is 66.2 Å². The number of piperazine rings is 1. The number of rotatable bonds is 9. The largest absolute Gasteiger partial charge is 0.573 e. The number of hydrogen-bond acceptors (Lipinski definition) is 7. The SMILES string of the molecule is CN1CCN(CCCNC(=O)c2cc(N3C(=O)N(Cc4ccnc5ccccc45)C(C)(C)C3=O)ccc2OC(F)(F)F)CC1.